The molecule has 0 aromatic heterocycles. The van der Waals surface area contributed by atoms with Gasteiger partial charge >= 0.3 is 5.97 Å². The topological polar surface area (TPSA) is 53.0 Å². The molecular formula is C15H30N2O3. The van der Waals surface area contributed by atoms with Gasteiger partial charge in [-0.05, 0) is 40.7 Å². The van der Waals surface area contributed by atoms with Gasteiger partial charge in [0.2, 0.25) is 0 Å². The summed E-state index contributed by atoms with van der Waals surface area (Å²) in [5.74, 6) is -0.714. The molecule has 1 unspecified atom stereocenters. The van der Waals surface area contributed by atoms with Crippen LogP contribution >= 0.6 is 0 Å². The predicted octanol–water partition coefficient (Wildman–Crippen LogP) is 1.67. The Hall–Kier alpha value is -0.650. The Labute approximate surface area is 122 Å². The van der Waals surface area contributed by atoms with Gasteiger partial charge in [-0.1, -0.05) is 0 Å². The van der Waals surface area contributed by atoms with Crippen molar-refractivity contribution in [3.8, 4) is 0 Å². The number of nitrogens with zero attached hydrogens (tertiary/aromatic N) is 2. The molecule has 0 aromatic carbocycles. The maximum absolute atomic E-state index is 10.6. The Morgan fingerprint density at radius 2 is 2.10 bits per heavy atom. The first-order valence-corrected chi connectivity index (χ1v) is 7.71. The third-order valence-electron chi connectivity index (χ3n) is 3.90. The van der Waals surface area contributed by atoms with Crippen LogP contribution in [0.2, 0.25) is 0 Å². The van der Waals surface area contributed by atoms with Crippen LogP contribution in [0.4, 0.5) is 0 Å². The molecule has 5 nitrogen and oxygen atoms in total. The van der Waals surface area contributed by atoms with Gasteiger partial charge in [0, 0.05) is 38.1 Å². The van der Waals surface area contributed by atoms with Gasteiger partial charge in [0.25, 0.3) is 0 Å². The van der Waals surface area contributed by atoms with Crippen LogP contribution in [0.15, 0.2) is 0 Å². The summed E-state index contributed by atoms with van der Waals surface area (Å²) >= 11 is 0. The number of ether oxygens (including phenoxy) is 1. The second-order valence-corrected chi connectivity index (χ2v) is 6.17. The number of rotatable bonds is 8. The summed E-state index contributed by atoms with van der Waals surface area (Å²) < 4.78 is 5.87. The van der Waals surface area contributed by atoms with Gasteiger partial charge in [0.05, 0.1) is 12.7 Å². The molecule has 1 rings (SSSR count). The van der Waals surface area contributed by atoms with E-state index >= 15 is 0 Å². The van der Waals surface area contributed by atoms with Gasteiger partial charge in [-0.3, -0.25) is 14.6 Å². The Morgan fingerprint density at radius 3 is 2.65 bits per heavy atom. The van der Waals surface area contributed by atoms with Crippen LogP contribution in [-0.4, -0.2) is 71.8 Å². The molecule has 0 radical (unpaired) electrons. The number of morpholine rings is 1. The maximum Gasteiger partial charge on any atom is 0.303 e. The lowest BCUT2D eigenvalue weighted by molar-refractivity contribution is -0.137. The van der Waals surface area contributed by atoms with E-state index in [1.165, 1.54) is 0 Å². The Balaban J connectivity index is 2.42. The zero-order valence-electron chi connectivity index (χ0n) is 13.3. The fourth-order valence-electron chi connectivity index (χ4n) is 2.58. The highest BCUT2D eigenvalue weighted by Crippen LogP contribution is 2.12. The van der Waals surface area contributed by atoms with Gasteiger partial charge in [0.15, 0.2) is 0 Å². The lowest BCUT2D eigenvalue weighted by Crippen LogP contribution is -2.50. The van der Waals surface area contributed by atoms with E-state index in [4.69, 9.17) is 9.84 Å². The van der Waals surface area contributed by atoms with Crippen molar-refractivity contribution in [2.45, 2.75) is 58.7 Å². The van der Waals surface area contributed by atoms with Crippen molar-refractivity contribution >= 4 is 5.97 Å². The maximum atomic E-state index is 10.6. The summed E-state index contributed by atoms with van der Waals surface area (Å²) in [6.07, 6.45) is 1.18. The summed E-state index contributed by atoms with van der Waals surface area (Å²) in [4.78, 5) is 15.4. The first kappa shape index (κ1) is 17.4. The lowest BCUT2D eigenvalue weighted by atomic mass is 10.1. The highest BCUT2D eigenvalue weighted by molar-refractivity contribution is 5.66. The fourth-order valence-corrected chi connectivity index (χ4v) is 2.58. The van der Waals surface area contributed by atoms with E-state index in [1.807, 2.05) is 0 Å². The molecule has 1 saturated heterocycles. The smallest absolute Gasteiger partial charge is 0.303 e. The molecule has 1 heterocycles. The molecular weight excluding hydrogens is 256 g/mol. The van der Waals surface area contributed by atoms with E-state index in [0.717, 1.165) is 32.8 Å². The first-order chi connectivity index (χ1) is 9.40. The molecule has 118 valence electrons. The van der Waals surface area contributed by atoms with Crippen LogP contribution in [0.3, 0.4) is 0 Å². The molecule has 1 aliphatic heterocycles. The highest BCUT2D eigenvalue weighted by atomic mass is 16.5. The minimum Gasteiger partial charge on any atom is -0.481 e. The molecule has 0 aliphatic carbocycles. The third kappa shape index (κ3) is 6.20. The monoisotopic (exact) mass is 286 g/mol. The summed E-state index contributed by atoms with van der Waals surface area (Å²) in [7, 11) is 0. The average Bonchev–Trinajstić information content (AvgIpc) is 2.37. The SMILES string of the molecule is CC(C)N(CCCC(=O)O)CC1CN(C(C)C)CCO1. The lowest BCUT2D eigenvalue weighted by Gasteiger charge is -2.38. The molecule has 0 aromatic rings. The quantitative estimate of drug-likeness (QED) is 0.735. The van der Waals surface area contributed by atoms with E-state index in [-0.39, 0.29) is 12.5 Å². The second kappa shape index (κ2) is 8.60. The van der Waals surface area contributed by atoms with Gasteiger partial charge in [-0.25, -0.2) is 0 Å². The van der Waals surface area contributed by atoms with Crippen LogP contribution in [0.1, 0.15) is 40.5 Å². The summed E-state index contributed by atoms with van der Waals surface area (Å²) in [5, 5.41) is 8.73. The largest absolute Gasteiger partial charge is 0.481 e. The van der Waals surface area contributed by atoms with E-state index in [0.29, 0.717) is 18.5 Å². The van der Waals surface area contributed by atoms with Crippen LogP contribution in [0.25, 0.3) is 0 Å². The van der Waals surface area contributed by atoms with E-state index < -0.39 is 5.97 Å². The molecule has 1 N–H and O–H groups in total. The molecule has 1 fully saturated rings. The number of hydrogen-bond acceptors (Lipinski definition) is 4. The van der Waals surface area contributed by atoms with Crippen molar-refractivity contribution in [3.63, 3.8) is 0 Å². The van der Waals surface area contributed by atoms with E-state index in [2.05, 4.69) is 37.5 Å². The minimum atomic E-state index is -0.714. The van der Waals surface area contributed by atoms with Gasteiger partial charge < -0.3 is 9.84 Å². The molecule has 1 aliphatic rings. The normalized spacial score (nSPS) is 21.1. The molecule has 0 spiro atoms. The zero-order chi connectivity index (χ0) is 15.1. The predicted molar refractivity (Wildman–Crippen MR) is 80.0 cm³/mol. The van der Waals surface area contributed by atoms with Crippen molar-refractivity contribution in [3.05, 3.63) is 0 Å². The van der Waals surface area contributed by atoms with Crippen molar-refractivity contribution in [2.75, 3.05) is 32.8 Å². The molecule has 0 bridgehead atoms. The van der Waals surface area contributed by atoms with E-state index in [1.54, 1.807) is 0 Å². The van der Waals surface area contributed by atoms with Crippen molar-refractivity contribution < 1.29 is 14.6 Å². The zero-order valence-corrected chi connectivity index (χ0v) is 13.3. The van der Waals surface area contributed by atoms with Crippen LogP contribution in [0, 0.1) is 0 Å². The summed E-state index contributed by atoms with van der Waals surface area (Å²) in [6, 6.07) is 0.975. The first-order valence-electron chi connectivity index (χ1n) is 7.71. The van der Waals surface area contributed by atoms with Crippen LogP contribution < -0.4 is 0 Å². The summed E-state index contributed by atoms with van der Waals surface area (Å²) in [6.45, 7) is 13.2. The van der Waals surface area contributed by atoms with Crippen LogP contribution in [-0.2, 0) is 9.53 Å². The molecule has 0 saturated carbocycles. The highest BCUT2D eigenvalue weighted by Gasteiger charge is 2.24. The number of carbonyl (C=O) groups is 1. The summed E-state index contributed by atoms with van der Waals surface area (Å²) in [5.41, 5.74) is 0. The molecule has 0 amide bonds. The number of carboxylic acids is 1. The van der Waals surface area contributed by atoms with Gasteiger partial charge in [-0.2, -0.15) is 0 Å². The minimum absolute atomic E-state index is 0.235. The molecule has 5 heteroatoms. The van der Waals surface area contributed by atoms with E-state index in [9.17, 15) is 4.79 Å². The second-order valence-electron chi connectivity index (χ2n) is 6.17. The molecule has 1 atom stereocenters. The van der Waals surface area contributed by atoms with Gasteiger partial charge in [0.1, 0.15) is 0 Å². The van der Waals surface area contributed by atoms with Crippen molar-refractivity contribution in [2.24, 2.45) is 0 Å². The fraction of sp³-hybridized carbons (Fsp3) is 0.933. The Morgan fingerprint density at radius 1 is 1.40 bits per heavy atom. The average molecular weight is 286 g/mol. The number of aliphatic carboxylic acids is 1. The van der Waals surface area contributed by atoms with Gasteiger partial charge in [-0.15, -0.1) is 0 Å². The number of hydrogen-bond donors (Lipinski definition) is 1. The standard InChI is InChI=1S/C15H30N2O3/c1-12(2)16(7-5-6-15(18)19)10-14-11-17(13(3)4)8-9-20-14/h12-14H,5-11H2,1-4H3,(H,18,19). The van der Waals surface area contributed by atoms with Crippen LogP contribution in [0.5, 0.6) is 0 Å². The van der Waals surface area contributed by atoms with Crippen molar-refractivity contribution in [1.29, 1.82) is 0 Å². The van der Waals surface area contributed by atoms with Crippen molar-refractivity contribution in [1.82, 2.24) is 9.80 Å². The number of carboxylic acid groups (broad SMARTS) is 1. The Bertz CT molecular complexity index is 295. The Kier molecular flexibility index (Phi) is 7.48. The molecule has 20 heavy (non-hydrogen) atoms. The third-order valence-corrected chi connectivity index (χ3v) is 3.90.